The summed E-state index contributed by atoms with van der Waals surface area (Å²) in [5, 5.41) is 2.67. The highest BCUT2D eigenvalue weighted by molar-refractivity contribution is 5.90. The zero-order valence-corrected chi connectivity index (χ0v) is 20.4. The van der Waals surface area contributed by atoms with Gasteiger partial charge in [-0.2, -0.15) is 4.99 Å². The summed E-state index contributed by atoms with van der Waals surface area (Å²) < 4.78 is 5.56. The number of carbonyl (C=O) groups is 1. The number of aliphatic imine (C=N–C) groups is 1. The van der Waals surface area contributed by atoms with E-state index >= 15 is 0 Å². The Morgan fingerprint density at radius 1 is 1.11 bits per heavy atom. The van der Waals surface area contributed by atoms with Gasteiger partial charge in [-0.3, -0.25) is 4.90 Å². The summed E-state index contributed by atoms with van der Waals surface area (Å²) in [6.45, 7) is 4.23. The fourth-order valence-corrected chi connectivity index (χ4v) is 5.27. The van der Waals surface area contributed by atoms with Crippen LogP contribution >= 0.6 is 0 Å². The van der Waals surface area contributed by atoms with Crippen LogP contribution in [-0.4, -0.2) is 59.2 Å². The van der Waals surface area contributed by atoms with Gasteiger partial charge in [0.15, 0.2) is 5.96 Å². The maximum Gasteiger partial charge on any atom is 0.344 e. The van der Waals surface area contributed by atoms with Crippen molar-refractivity contribution in [2.45, 2.75) is 57.5 Å². The summed E-state index contributed by atoms with van der Waals surface area (Å²) in [4.78, 5) is 27.0. The molecule has 1 saturated carbocycles. The summed E-state index contributed by atoms with van der Waals surface area (Å²) in [6.07, 6.45) is 12.4. The molecule has 0 spiro atoms. The van der Waals surface area contributed by atoms with Crippen molar-refractivity contribution in [3.63, 3.8) is 0 Å². The number of morpholine rings is 1. The third-order valence-electron chi connectivity index (χ3n) is 7.00. The summed E-state index contributed by atoms with van der Waals surface area (Å²) >= 11 is 0. The minimum atomic E-state index is -0.562. The first kappa shape index (κ1) is 25.1. The van der Waals surface area contributed by atoms with Gasteiger partial charge < -0.3 is 21.5 Å². The summed E-state index contributed by atoms with van der Waals surface area (Å²) in [6, 6.07) is 8.04. The van der Waals surface area contributed by atoms with Gasteiger partial charge in [-0.05, 0) is 48.8 Å². The Balaban J connectivity index is 1.28. The van der Waals surface area contributed by atoms with Crippen LogP contribution in [-0.2, 0) is 17.7 Å². The fourth-order valence-electron chi connectivity index (χ4n) is 5.27. The molecule has 1 aromatic heterocycles. The predicted octanol–water partition coefficient (Wildman–Crippen LogP) is 2.84. The number of ether oxygens (including phenoxy) is 1. The van der Waals surface area contributed by atoms with Crippen LogP contribution in [0.3, 0.4) is 0 Å². The molecular weight excluding hydrogens is 442 g/mol. The van der Waals surface area contributed by atoms with Crippen molar-refractivity contribution in [3.05, 3.63) is 48.0 Å². The number of urea groups is 1. The first-order chi connectivity index (χ1) is 17.1. The monoisotopic (exact) mass is 479 g/mol. The molecule has 5 N–H and O–H groups in total. The molecule has 0 unspecified atom stereocenters. The Labute approximate surface area is 207 Å². The van der Waals surface area contributed by atoms with Crippen LogP contribution in [0.25, 0.3) is 11.1 Å². The van der Waals surface area contributed by atoms with E-state index in [2.05, 4.69) is 25.2 Å². The Kier molecular flexibility index (Phi) is 9.02. The minimum absolute atomic E-state index is 0.260. The summed E-state index contributed by atoms with van der Waals surface area (Å²) in [5.74, 6) is 1.41. The average Bonchev–Trinajstić information content (AvgIpc) is 2.88. The first-order valence-corrected chi connectivity index (χ1v) is 12.7. The van der Waals surface area contributed by atoms with Gasteiger partial charge in [0, 0.05) is 50.1 Å². The number of aromatic nitrogens is 2. The SMILES string of the molecule is NC(N)=NC(=O)NCc1cccc(-c2cnc(CCC[C@@H]3CCCC[C@H]3N3CCOCC3)nc2)c1. The van der Waals surface area contributed by atoms with Crippen LogP contribution in [0.4, 0.5) is 4.79 Å². The number of nitrogens with one attached hydrogen (secondary N) is 1. The van der Waals surface area contributed by atoms with Gasteiger partial charge in [0.1, 0.15) is 5.82 Å². The van der Waals surface area contributed by atoms with Crippen molar-refractivity contribution in [1.29, 1.82) is 0 Å². The van der Waals surface area contributed by atoms with E-state index in [-0.39, 0.29) is 5.96 Å². The molecule has 188 valence electrons. The predicted molar refractivity (Wildman–Crippen MR) is 137 cm³/mol. The van der Waals surface area contributed by atoms with Gasteiger partial charge in [-0.25, -0.2) is 14.8 Å². The van der Waals surface area contributed by atoms with E-state index in [0.29, 0.717) is 12.6 Å². The quantitative estimate of drug-likeness (QED) is 0.392. The number of nitrogens with two attached hydrogens (primary N) is 2. The standard InChI is InChI=1S/C26H37N7O2/c27-25(28)32-26(34)31-16-19-5-3-8-21(15-19)22-17-29-24(30-18-22)10-4-7-20-6-1-2-9-23(20)33-11-13-35-14-12-33/h3,5,8,15,17-18,20,23H,1-2,4,6-7,9-14,16H2,(H5,27,28,31,32,34)/t20-,23+/m0/s1. The highest BCUT2D eigenvalue weighted by Gasteiger charge is 2.30. The molecule has 2 atom stereocenters. The van der Waals surface area contributed by atoms with Gasteiger partial charge in [0.05, 0.1) is 13.2 Å². The van der Waals surface area contributed by atoms with E-state index in [1.165, 1.54) is 32.1 Å². The number of nitrogens with zero attached hydrogens (tertiary/aromatic N) is 4. The maximum atomic E-state index is 11.6. The first-order valence-electron chi connectivity index (χ1n) is 12.7. The van der Waals surface area contributed by atoms with Crippen molar-refractivity contribution >= 4 is 12.0 Å². The molecule has 9 nitrogen and oxygen atoms in total. The molecule has 2 aliphatic rings. The van der Waals surface area contributed by atoms with E-state index in [1.54, 1.807) is 0 Å². The molecule has 1 aromatic carbocycles. The van der Waals surface area contributed by atoms with Crippen LogP contribution in [0.1, 0.15) is 49.9 Å². The molecule has 35 heavy (non-hydrogen) atoms. The Morgan fingerprint density at radius 3 is 2.66 bits per heavy atom. The number of benzene rings is 1. The normalized spacial score (nSPS) is 20.8. The molecule has 1 aliphatic heterocycles. The lowest BCUT2D eigenvalue weighted by atomic mass is 9.80. The third kappa shape index (κ3) is 7.47. The zero-order valence-electron chi connectivity index (χ0n) is 20.4. The number of guanidine groups is 1. The maximum absolute atomic E-state index is 11.6. The van der Waals surface area contributed by atoms with Gasteiger partial charge in [-0.1, -0.05) is 31.0 Å². The van der Waals surface area contributed by atoms with Gasteiger partial charge in [0.2, 0.25) is 0 Å². The molecule has 0 bridgehead atoms. The van der Waals surface area contributed by atoms with E-state index in [1.807, 2.05) is 36.7 Å². The molecule has 0 radical (unpaired) electrons. The van der Waals surface area contributed by atoms with E-state index in [9.17, 15) is 4.79 Å². The second-order valence-corrected chi connectivity index (χ2v) is 9.44. The second kappa shape index (κ2) is 12.6. The lowest BCUT2D eigenvalue weighted by Crippen LogP contribution is -2.48. The zero-order chi connectivity index (χ0) is 24.5. The van der Waals surface area contributed by atoms with Gasteiger partial charge >= 0.3 is 6.03 Å². The Bertz CT molecular complexity index is 985. The van der Waals surface area contributed by atoms with Crippen LogP contribution < -0.4 is 16.8 Å². The molecular formula is C26H37N7O2. The number of rotatable bonds is 8. The van der Waals surface area contributed by atoms with Crippen molar-refractivity contribution in [2.24, 2.45) is 22.4 Å². The van der Waals surface area contributed by atoms with Crippen molar-refractivity contribution < 1.29 is 9.53 Å². The van der Waals surface area contributed by atoms with Crippen LogP contribution in [0.5, 0.6) is 0 Å². The van der Waals surface area contributed by atoms with Gasteiger partial charge in [0.25, 0.3) is 0 Å². The summed E-state index contributed by atoms with van der Waals surface area (Å²) in [7, 11) is 0. The number of hydrogen-bond donors (Lipinski definition) is 3. The van der Waals surface area contributed by atoms with Gasteiger partial charge in [-0.15, -0.1) is 0 Å². The van der Waals surface area contributed by atoms with Crippen LogP contribution in [0, 0.1) is 5.92 Å². The van der Waals surface area contributed by atoms with E-state index in [0.717, 1.165) is 67.6 Å². The highest BCUT2D eigenvalue weighted by atomic mass is 16.5. The minimum Gasteiger partial charge on any atom is -0.379 e. The topological polar surface area (TPSA) is 132 Å². The highest BCUT2D eigenvalue weighted by Crippen LogP contribution is 2.32. The number of carbonyl (C=O) groups excluding carboxylic acids is 1. The molecule has 4 rings (SSSR count). The molecule has 9 heteroatoms. The van der Waals surface area contributed by atoms with Crippen molar-refractivity contribution in [1.82, 2.24) is 20.2 Å². The molecule has 2 heterocycles. The lowest BCUT2D eigenvalue weighted by Gasteiger charge is -2.41. The summed E-state index contributed by atoms with van der Waals surface area (Å²) in [5.41, 5.74) is 13.3. The molecule has 1 saturated heterocycles. The smallest absolute Gasteiger partial charge is 0.344 e. The molecule has 1 aliphatic carbocycles. The van der Waals surface area contributed by atoms with Crippen molar-refractivity contribution in [3.8, 4) is 11.1 Å². The number of amides is 2. The fraction of sp³-hybridized carbons (Fsp3) is 0.538. The number of hydrogen-bond acceptors (Lipinski definition) is 5. The lowest BCUT2D eigenvalue weighted by molar-refractivity contribution is -0.00881. The van der Waals surface area contributed by atoms with E-state index < -0.39 is 6.03 Å². The largest absolute Gasteiger partial charge is 0.379 e. The molecule has 2 aromatic rings. The molecule has 2 amide bonds. The van der Waals surface area contributed by atoms with E-state index in [4.69, 9.17) is 16.2 Å². The van der Waals surface area contributed by atoms with Crippen molar-refractivity contribution in [2.75, 3.05) is 26.3 Å². The Hall–Kier alpha value is -3.04. The van der Waals surface area contributed by atoms with Crippen LogP contribution in [0.2, 0.25) is 0 Å². The molecule has 2 fully saturated rings. The van der Waals surface area contributed by atoms with Crippen LogP contribution in [0.15, 0.2) is 41.7 Å². The third-order valence-corrected chi connectivity index (χ3v) is 7.00. The number of aryl methyl sites for hydroxylation is 1. The Morgan fingerprint density at radius 2 is 1.89 bits per heavy atom. The average molecular weight is 480 g/mol. The second-order valence-electron chi connectivity index (χ2n) is 9.44.